The van der Waals surface area contributed by atoms with Crippen LogP contribution in [0.3, 0.4) is 0 Å². The molecule has 2 heterocycles. The topological polar surface area (TPSA) is 70.2 Å². The van der Waals surface area contributed by atoms with Crippen molar-refractivity contribution >= 4 is 23.2 Å². The zero-order valence-corrected chi connectivity index (χ0v) is 13.7. The van der Waals surface area contributed by atoms with Gasteiger partial charge in [0.05, 0.1) is 10.7 Å². The van der Waals surface area contributed by atoms with E-state index in [1.807, 2.05) is 11.0 Å². The van der Waals surface area contributed by atoms with E-state index in [0.29, 0.717) is 11.3 Å². The summed E-state index contributed by atoms with van der Waals surface area (Å²) in [6.45, 7) is 3.43. The van der Waals surface area contributed by atoms with Gasteiger partial charge in [-0.05, 0) is 17.7 Å². The summed E-state index contributed by atoms with van der Waals surface area (Å²) in [5.74, 6) is -0.710. The second kappa shape index (κ2) is 7.55. The van der Waals surface area contributed by atoms with E-state index in [2.05, 4.69) is 20.6 Å². The number of nitrogens with one attached hydrogen (secondary N) is 2. The van der Waals surface area contributed by atoms with Crippen LogP contribution in [0.5, 0.6) is 0 Å². The number of hydrogen-bond acceptors (Lipinski definition) is 5. The Kier molecular flexibility index (Phi) is 5.22. The Hall–Kier alpha value is -2.25. The van der Waals surface area contributed by atoms with Gasteiger partial charge in [0, 0.05) is 38.9 Å². The van der Waals surface area contributed by atoms with Gasteiger partial charge in [-0.1, -0.05) is 17.7 Å². The van der Waals surface area contributed by atoms with E-state index in [4.69, 9.17) is 11.6 Å². The SMILES string of the molecule is O=C(NCc1ccc(N2CCNCC2)c(F)c1)c1ncncc1Cl. The molecule has 2 aromatic rings. The lowest BCUT2D eigenvalue weighted by molar-refractivity contribution is 0.0946. The number of halogens is 2. The molecule has 1 aromatic heterocycles. The van der Waals surface area contributed by atoms with Crippen LogP contribution in [-0.4, -0.2) is 42.1 Å². The number of piperazine rings is 1. The van der Waals surface area contributed by atoms with E-state index in [-0.39, 0.29) is 23.1 Å². The Morgan fingerprint density at radius 2 is 2.17 bits per heavy atom. The third-order valence-corrected chi connectivity index (χ3v) is 4.08. The molecule has 8 heteroatoms. The summed E-state index contributed by atoms with van der Waals surface area (Å²) in [7, 11) is 0. The van der Waals surface area contributed by atoms with Gasteiger partial charge in [0.25, 0.3) is 5.91 Å². The smallest absolute Gasteiger partial charge is 0.271 e. The van der Waals surface area contributed by atoms with Gasteiger partial charge in [-0.3, -0.25) is 4.79 Å². The molecule has 0 radical (unpaired) electrons. The monoisotopic (exact) mass is 349 g/mol. The fourth-order valence-corrected chi connectivity index (χ4v) is 2.76. The van der Waals surface area contributed by atoms with Crippen LogP contribution in [0.2, 0.25) is 5.02 Å². The standard InChI is InChI=1S/C16H17ClFN5O/c17-12-9-20-10-22-15(12)16(24)21-8-11-1-2-14(13(18)7-11)23-5-3-19-4-6-23/h1-2,7,9-10,19H,3-6,8H2,(H,21,24). The molecule has 0 bridgehead atoms. The number of hydrogen-bond donors (Lipinski definition) is 2. The van der Waals surface area contributed by atoms with Gasteiger partial charge in [-0.15, -0.1) is 0 Å². The molecule has 0 atom stereocenters. The summed E-state index contributed by atoms with van der Waals surface area (Å²) in [4.78, 5) is 21.6. The van der Waals surface area contributed by atoms with Crippen molar-refractivity contribution in [3.05, 3.63) is 52.8 Å². The summed E-state index contributed by atoms with van der Waals surface area (Å²) < 4.78 is 14.3. The van der Waals surface area contributed by atoms with Crippen LogP contribution in [0.25, 0.3) is 0 Å². The second-order valence-corrected chi connectivity index (χ2v) is 5.83. The van der Waals surface area contributed by atoms with Gasteiger partial charge in [0.2, 0.25) is 0 Å². The molecular weight excluding hydrogens is 333 g/mol. The number of amides is 1. The molecule has 0 spiro atoms. The first-order valence-corrected chi connectivity index (χ1v) is 8.01. The van der Waals surface area contributed by atoms with Crippen molar-refractivity contribution in [3.8, 4) is 0 Å². The fraction of sp³-hybridized carbons (Fsp3) is 0.312. The average molecular weight is 350 g/mol. The summed E-state index contributed by atoms with van der Waals surface area (Å²) in [5.41, 5.74) is 1.36. The maximum absolute atomic E-state index is 14.3. The van der Waals surface area contributed by atoms with Crippen LogP contribution in [-0.2, 0) is 6.54 Å². The Balaban J connectivity index is 1.64. The van der Waals surface area contributed by atoms with Crippen LogP contribution in [0.1, 0.15) is 16.1 Å². The molecule has 1 fully saturated rings. The molecule has 24 heavy (non-hydrogen) atoms. The lowest BCUT2D eigenvalue weighted by Crippen LogP contribution is -2.43. The normalized spacial score (nSPS) is 14.5. The highest BCUT2D eigenvalue weighted by atomic mass is 35.5. The lowest BCUT2D eigenvalue weighted by Gasteiger charge is -2.29. The van der Waals surface area contributed by atoms with E-state index in [0.717, 1.165) is 26.2 Å². The van der Waals surface area contributed by atoms with Gasteiger partial charge in [0.1, 0.15) is 17.8 Å². The predicted octanol–water partition coefficient (Wildman–Crippen LogP) is 1.61. The van der Waals surface area contributed by atoms with E-state index in [1.165, 1.54) is 18.6 Å². The van der Waals surface area contributed by atoms with Gasteiger partial charge < -0.3 is 15.5 Å². The number of carbonyl (C=O) groups excluding carboxylic acids is 1. The highest BCUT2D eigenvalue weighted by Gasteiger charge is 2.15. The van der Waals surface area contributed by atoms with Crippen LogP contribution in [0.15, 0.2) is 30.7 Å². The maximum Gasteiger partial charge on any atom is 0.271 e. The molecule has 0 aliphatic carbocycles. The molecule has 126 valence electrons. The van der Waals surface area contributed by atoms with Crippen LogP contribution >= 0.6 is 11.6 Å². The van der Waals surface area contributed by atoms with Crippen molar-refractivity contribution in [1.29, 1.82) is 0 Å². The predicted molar refractivity (Wildman–Crippen MR) is 89.7 cm³/mol. The summed E-state index contributed by atoms with van der Waals surface area (Å²) in [6.07, 6.45) is 2.61. The minimum Gasteiger partial charge on any atom is -0.367 e. The highest BCUT2D eigenvalue weighted by Crippen LogP contribution is 2.21. The molecule has 3 rings (SSSR count). The summed E-state index contributed by atoms with van der Waals surface area (Å²) in [6, 6.07) is 5.00. The highest BCUT2D eigenvalue weighted by molar-refractivity contribution is 6.33. The number of aromatic nitrogens is 2. The largest absolute Gasteiger partial charge is 0.367 e. The van der Waals surface area contributed by atoms with E-state index in [9.17, 15) is 9.18 Å². The summed E-state index contributed by atoms with van der Waals surface area (Å²) >= 11 is 5.88. The van der Waals surface area contributed by atoms with Gasteiger partial charge >= 0.3 is 0 Å². The molecule has 1 aromatic carbocycles. The molecule has 6 nitrogen and oxygen atoms in total. The fourth-order valence-electron chi connectivity index (χ4n) is 2.57. The third-order valence-electron chi connectivity index (χ3n) is 3.81. The number of nitrogens with zero attached hydrogens (tertiary/aromatic N) is 3. The first kappa shape index (κ1) is 16.6. The molecule has 1 aliphatic heterocycles. The van der Waals surface area contributed by atoms with Crippen molar-refractivity contribution in [2.24, 2.45) is 0 Å². The average Bonchev–Trinajstić information content (AvgIpc) is 2.61. The Labute approximate surface area is 144 Å². The van der Waals surface area contributed by atoms with Crippen molar-refractivity contribution in [2.75, 3.05) is 31.1 Å². The Bertz CT molecular complexity index is 736. The van der Waals surface area contributed by atoms with E-state index >= 15 is 0 Å². The molecule has 1 saturated heterocycles. The molecule has 0 saturated carbocycles. The number of rotatable bonds is 4. The van der Waals surface area contributed by atoms with Gasteiger partial charge in [0.15, 0.2) is 0 Å². The van der Waals surface area contributed by atoms with Gasteiger partial charge in [-0.25, -0.2) is 14.4 Å². The molecule has 1 aliphatic rings. The van der Waals surface area contributed by atoms with Crippen LogP contribution in [0, 0.1) is 5.82 Å². The maximum atomic E-state index is 14.3. The molecule has 0 unspecified atom stereocenters. The van der Waals surface area contributed by atoms with Crippen LogP contribution < -0.4 is 15.5 Å². The Morgan fingerprint density at radius 3 is 2.88 bits per heavy atom. The lowest BCUT2D eigenvalue weighted by atomic mass is 10.1. The molecular formula is C16H17ClFN5O. The van der Waals surface area contributed by atoms with E-state index in [1.54, 1.807) is 6.07 Å². The molecule has 2 N–H and O–H groups in total. The summed E-state index contributed by atoms with van der Waals surface area (Å²) in [5, 5.41) is 6.09. The van der Waals surface area contributed by atoms with Crippen molar-refractivity contribution in [1.82, 2.24) is 20.6 Å². The van der Waals surface area contributed by atoms with E-state index < -0.39 is 5.91 Å². The quantitative estimate of drug-likeness (QED) is 0.877. The van der Waals surface area contributed by atoms with Crippen molar-refractivity contribution < 1.29 is 9.18 Å². The number of carbonyl (C=O) groups is 1. The zero-order valence-electron chi connectivity index (χ0n) is 12.9. The van der Waals surface area contributed by atoms with Crippen molar-refractivity contribution in [3.63, 3.8) is 0 Å². The molecule has 1 amide bonds. The Morgan fingerprint density at radius 1 is 1.38 bits per heavy atom. The zero-order chi connectivity index (χ0) is 16.9. The third kappa shape index (κ3) is 3.80. The second-order valence-electron chi connectivity index (χ2n) is 5.42. The minimum absolute atomic E-state index is 0.101. The first-order chi connectivity index (χ1) is 11.6. The van der Waals surface area contributed by atoms with Crippen LogP contribution in [0.4, 0.5) is 10.1 Å². The van der Waals surface area contributed by atoms with Crippen molar-refractivity contribution in [2.45, 2.75) is 6.54 Å². The van der Waals surface area contributed by atoms with Gasteiger partial charge in [-0.2, -0.15) is 0 Å². The number of anilines is 1. The first-order valence-electron chi connectivity index (χ1n) is 7.63. The number of benzene rings is 1. The minimum atomic E-state index is -0.422.